The second-order valence-electron chi connectivity index (χ2n) is 3.95. The highest BCUT2D eigenvalue weighted by Crippen LogP contribution is 2.16. The monoisotopic (exact) mass is 280 g/mol. The first-order chi connectivity index (χ1) is 8.97. The van der Waals surface area contributed by atoms with Crippen LogP contribution in [0.25, 0.3) is 0 Å². The van der Waals surface area contributed by atoms with E-state index in [9.17, 15) is 14.4 Å². The Morgan fingerprint density at radius 2 is 2.21 bits per heavy atom. The van der Waals surface area contributed by atoms with Crippen molar-refractivity contribution in [1.29, 1.82) is 0 Å². The van der Waals surface area contributed by atoms with E-state index < -0.39 is 11.2 Å². The average molecular weight is 280 g/mol. The molecule has 0 aliphatic rings. The molecule has 0 spiro atoms. The lowest BCUT2D eigenvalue weighted by Gasteiger charge is -2.06. The fourth-order valence-electron chi connectivity index (χ4n) is 1.46. The highest BCUT2D eigenvalue weighted by molar-refractivity contribution is 7.15. The van der Waals surface area contributed by atoms with Crippen molar-refractivity contribution in [2.24, 2.45) is 7.05 Å². The van der Waals surface area contributed by atoms with Crippen LogP contribution < -0.4 is 16.6 Å². The maximum Gasteiger partial charge on any atom is 0.331 e. The minimum atomic E-state index is -0.530. The zero-order valence-corrected chi connectivity index (χ0v) is 11.2. The smallest absolute Gasteiger partial charge is 0.300 e. The Labute approximate surface area is 112 Å². The molecule has 0 aliphatic carbocycles. The van der Waals surface area contributed by atoms with Gasteiger partial charge in [0.05, 0.1) is 0 Å². The number of thiazole rings is 1. The number of hydrogen-bond donors (Lipinski definition) is 1. The molecular weight excluding hydrogens is 268 g/mol. The molecule has 8 heteroatoms. The quantitative estimate of drug-likeness (QED) is 0.854. The Morgan fingerprint density at radius 3 is 2.84 bits per heavy atom. The van der Waals surface area contributed by atoms with Crippen molar-refractivity contribution in [3.05, 3.63) is 44.2 Å². The number of nitrogens with one attached hydrogen (secondary N) is 1. The molecule has 0 atom stereocenters. The number of aryl methyl sites for hydroxylation is 1. The topological polar surface area (TPSA) is 86.0 Å². The molecule has 0 saturated heterocycles. The number of amides is 1. The van der Waals surface area contributed by atoms with Gasteiger partial charge in [-0.25, -0.2) is 9.78 Å². The van der Waals surface area contributed by atoms with Crippen LogP contribution in [0.15, 0.2) is 28.0 Å². The van der Waals surface area contributed by atoms with Gasteiger partial charge in [0.25, 0.3) is 5.56 Å². The summed E-state index contributed by atoms with van der Waals surface area (Å²) in [5.74, 6) is -0.366. The molecule has 0 saturated carbocycles. The fourth-order valence-corrected chi connectivity index (χ4v) is 2.14. The lowest BCUT2D eigenvalue weighted by atomic mass is 10.5. The Hall–Kier alpha value is -2.22. The van der Waals surface area contributed by atoms with Crippen LogP contribution in [0.3, 0.4) is 0 Å². The van der Waals surface area contributed by atoms with Crippen LogP contribution in [0.4, 0.5) is 5.13 Å². The Balaban J connectivity index is 2.14. The van der Waals surface area contributed by atoms with Crippen LogP contribution in [-0.4, -0.2) is 20.0 Å². The van der Waals surface area contributed by atoms with Gasteiger partial charge in [0.1, 0.15) is 6.54 Å². The summed E-state index contributed by atoms with van der Waals surface area (Å²) in [6.07, 6.45) is 2.95. The largest absolute Gasteiger partial charge is 0.331 e. The van der Waals surface area contributed by atoms with E-state index in [1.165, 1.54) is 30.6 Å². The van der Waals surface area contributed by atoms with E-state index in [1.807, 2.05) is 6.92 Å². The third-order valence-corrected chi connectivity index (χ3v) is 3.27. The molecule has 2 aromatic rings. The van der Waals surface area contributed by atoms with Crippen LogP contribution >= 0.6 is 11.3 Å². The average Bonchev–Trinajstić information content (AvgIpc) is 2.75. The zero-order chi connectivity index (χ0) is 14.0. The van der Waals surface area contributed by atoms with Crippen LogP contribution in [-0.2, 0) is 18.4 Å². The highest BCUT2D eigenvalue weighted by Gasteiger charge is 2.08. The van der Waals surface area contributed by atoms with Crippen LogP contribution in [0.1, 0.15) is 4.88 Å². The van der Waals surface area contributed by atoms with E-state index in [4.69, 9.17) is 0 Å². The molecule has 0 unspecified atom stereocenters. The number of carbonyl (C=O) groups is 1. The van der Waals surface area contributed by atoms with Gasteiger partial charge < -0.3 is 5.32 Å². The van der Waals surface area contributed by atoms with E-state index in [0.717, 1.165) is 14.0 Å². The number of nitrogens with zero attached hydrogens (tertiary/aromatic N) is 3. The molecule has 2 aromatic heterocycles. The first-order valence-electron chi connectivity index (χ1n) is 5.46. The predicted octanol–water partition coefficient (Wildman–Crippen LogP) is -0.0494. The summed E-state index contributed by atoms with van der Waals surface area (Å²) in [6.45, 7) is 1.72. The number of aromatic nitrogens is 3. The molecule has 1 amide bonds. The van der Waals surface area contributed by atoms with Gasteiger partial charge in [0.2, 0.25) is 5.91 Å². The van der Waals surface area contributed by atoms with Crippen molar-refractivity contribution < 1.29 is 4.79 Å². The van der Waals surface area contributed by atoms with E-state index >= 15 is 0 Å². The highest BCUT2D eigenvalue weighted by atomic mass is 32.1. The maximum absolute atomic E-state index is 11.7. The van der Waals surface area contributed by atoms with E-state index in [-0.39, 0.29) is 12.5 Å². The van der Waals surface area contributed by atoms with Crippen molar-refractivity contribution in [2.45, 2.75) is 13.5 Å². The minimum absolute atomic E-state index is 0.161. The predicted molar refractivity (Wildman–Crippen MR) is 71.4 cm³/mol. The van der Waals surface area contributed by atoms with Crippen LogP contribution in [0.5, 0.6) is 0 Å². The van der Waals surface area contributed by atoms with Gasteiger partial charge in [-0.3, -0.25) is 18.7 Å². The molecule has 2 heterocycles. The molecule has 7 nitrogen and oxygen atoms in total. The molecule has 0 radical (unpaired) electrons. The summed E-state index contributed by atoms with van der Waals surface area (Å²) in [6, 6.07) is 1.24. The second kappa shape index (κ2) is 5.19. The van der Waals surface area contributed by atoms with Crippen molar-refractivity contribution in [2.75, 3.05) is 5.32 Å². The number of rotatable bonds is 3. The van der Waals surface area contributed by atoms with Crippen molar-refractivity contribution >= 4 is 22.4 Å². The summed E-state index contributed by atoms with van der Waals surface area (Å²) in [7, 11) is 1.36. The van der Waals surface area contributed by atoms with Gasteiger partial charge >= 0.3 is 5.69 Å². The van der Waals surface area contributed by atoms with Gasteiger partial charge in [0.15, 0.2) is 5.13 Å². The summed E-state index contributed by atoms with van der Waals surface area (Å²) < 4.78 is 2.11. The summed E-state index contributed by atoms with van der Waals surface area (Å²) in [5, 5.41) is 3.08. The van der Waals surface area contributed by atoms with Gasteiger partial charge in [-0.15, -0.1) is 11.3 Å². The zero-order valence-electron chi connectivity index (χ0n) is 10.4. The Kier molecular flexibility index (Phi) is 3.61. The molecule has 0 aliphatic heterocycles. The second-order valence-corrected chi connectivity index (χ2v) is 5.18. The van der Waals surface area contributed by atoms with Crippen molar-refractivity contribution in [3.8, 4) is 0 Å². The summed E-state index contributed by atoms with van der Waals surface area (Å²) in [4.78, 5) is 39.7. The minimum Gasteiger partial charge on any atom is -0.300 e. The molecule has 1 N–H and O–H groups in total. The maximum atomic E-state index is 11.7. The molecule has 0 bridgehead atoms. The lowest BCUT2D eigenvalue weighted by Crippen LogP contribution is -2.38. The van der Waals surface area contributed by atoms with Crippen molar-refractivity contribution in [3.63, 3.8) is 0 Å². The standard InChI is InChI=1S/C11H12N4O3S/c1-7-5-12-10(19-7)13-8(16)6-15-4-3-9(17)14(2)11(15)18/h3-5H,6H2,1-2H3,(H,12,13,16). The number of carbonyl (C=O) groups excluding carboxylic acids is 1. The van der Waals surface area contributed by atoms with E-state index in [1.54, 1.807) is 6.20 Å². The molecule has 2 rings (SSSR count). The SMILES string of the molecule is Cc1cnc(NC(=O)Cn2ccc(=O)n(C)c2=O)s1. The van der Waals surface area contributed by atoms with Gasteiger partial charge in [-0.2, -0.15) is 0 Å². The van der Waals surface area contributed by atoms with Crippen molar-refractivity contribution in [1.82, 2.24) is 14.1 Å². The summed E-state index contributed by atoms with van der Waals surface area (Å²) in [5.41, 5.74) is -0.935. The third kappa shape index (κ3) is 2.97. The molecular formula is C11H12N4O3S. The molecule has 19 heavy (non-hydrogen) atoms. The normalized spacial score (nSPS) is 10.4. The fraction of sp³-hybridized carbons (Fsp3) is 0.273. The molecule has 0 aromatic carbocycles. The number of anilines is 1. The van der Waals surface area contributed by atoms with Crippen LogP contribution in [0.2, 0.25) is 0 Å². The Morgan fingerprint density at radius 1 is 1.47 bits per heavy atom. The Bertz CT molecular complexity index is 728. The molecule has 100 valence electrons. The third-order valence-electron chi connectivity index (χ3n) is 2.44. The first kappa shape index (κ1) is 13.2. The molecule has 0 fully saturated rings. The van der Waals surface area contributed by atoms with Crippen LogP contribution in [0, 0.1) is 6.92 Å². The van der Waals surface area contributed by atoms with Gasteiger partial charge in [-0.05, 0) is 6.92 Å². The lowest BCUT2D eigenvalue weighted by molar-refractivity contribution is -0.116. The van der Waals surface area contributed by atoms with E-state index in [2.05, 4.69) is 10.3 Å². The first-order valence-corrected chi connectivity index (χ1v) is 6.28. The number of hydrogen-bond acceptors (Lipinski definition) is 5. The van der Waals surface area contributed by atoms with Gasteiger partial charge in [-0.1, -0.05) is 0 Å². The van der Waals surface area contributed by atoms with E-state index in [0.29, 0.717) is 5.13 Å². The summed E-state index contributed by atoms with van der Waals surface area (Å²) >= 11 is 1.35. The van der Waals surface area contributed by atoms with Gasteiger partial charge in [0, 0.05) is 30.4 Å².